The van der Waals surface area contributed by atoms with Crippen molar-refractivity contribution in [2.24, 2.45) is 5.73 Å². The van der Waals surface area contributed by atoms with Crippen molar-refractivity contribution >= 4 is 29.9 Å². The molecular weight excluding hydrogens is 290 g/mol. The van der Waals surface area contributed by atoms with Gasteiger partial charge in [-0.1, -0.05) is 19.4 Å². The summed E-state index contributed by atoms with van der Waals surface area (Å²) in [7, 11) is 3.38. The molecule has 1 atom stereocenters. The second kappa shape index (κ2) is 8.64. The molecule has 0 heterocycles. The van der Waals surface area contributed by atoms with E-state index in [1.165, 1.54) is 4.90 Å². The van der Waals surface area contributed by atoms with Gasteiger partial charge >= 0.3 is 0 Å². The number of rotatable bonds is 5. The predicted molar refractivity (Wildman–Crippen MR) is 88.0 cm³/mol. The summed E-state index contributed by atoms with van der Waals surface area (Å²) in [6, 6.07) is 4.73. The molecule has 0 fully saturated rings. The van der Waals surface area contributed by atoms with Gasteiger partial charge in [0.05, 0.1) is 6.04 Å². The smallest absolute Gasteiger partial charge is 0.253 e. The van der Waals surface area contributed by atoms with Gasteiger partial charge in [-0.05, 0) is 31.0 Å². The second-order valence-electron chi connectivity index (χ2n) is 5.11. The molecule has 0 bridgehead atoms. The molecule has 0 aliphatic rings. The first-order chi connectivity index (χ1) is 9.36. The quantitative estimate of drug-likeness (QED) is 0.875. The second-order valence-corrected chi connectivity index (χ2v) is 5.11. The molecule has 21 heavy (non-hydrogen) atoms. The molecule has 0 spiro atoms. The number of nitrogens with two attached hydrogens (primary N) is 1. The Labute approximate surface area is 132 Å². The summed E-state index contributed by atoms with van der Waals surface area (Å²) in [5, 5.41) is 2.79. The highest BCUT2D eigenvalue weighted by molar-refractivity contribution is 5.99. The van der Waals surface area contributed by atoms with Crippen LogP contribution in [0.3, 0.4) is 0 Å². The number of aryl methyl sites for hydroxylation is 1. The van der Waals surface area contributed by atoms with Gasteiger partial charge in [0.15, 0.2) is 0 Å². The van der Waals surface area contributed by atoms with Gasteiger partial charge in [-0.2, -0.15) is 0 Å². The van der Waals surface area contributed by atoms with Crippen molar-refractivity contribution in [3.63, 3.8) is 0 Å². The van der Waals surface area contributed by atoms with E-state index in [-0.39, 0.29) is 24.2 Å². The molecule has 1 aromatic carbocycles. The Hall–Kier alpha value is -1.59. The van der Waals surface area contributed by atoms with Gasteiger partial charge in [0, 0.05) is 25.3 Å². The lowest BCUT2D eigenvalue weighted by molar-refractivity contribution is -0.117. The third-order valence-electron chi connectivity index (χ3n) is 3.09. The number of hydrogen-bond donors (Lipinski definition) is 2. The number of halogens is 1. The number of benzene rings is 1. The van der Waals surface area contributed by atoms with E-state index in [4.69, 9.17) is 5.73 Å². The summed E-state index contributed by atoms with van der Waals surface area (Å²) in [4.78, 5) is 25.4. The Balaban J connectivity index is 0.00000400. The Morgan fingerprint density at radius 3 is 2.48 bits per heavy atom. The Kier molecular flexibility index (Phi) is 7.99. The molecule has 5 nitrogen and oxygen atoms in total. The summed E-state index contributed by atoms with van der Waals surface area (Å²) in [6.07, 6.45) is 1.49. The SMILES string of the molecule is CCCC(N)C(=O)Nc1cc(C(=O)N(C)C)ccc1C.Cl. The first kappa shape index (κ1) is 19.4. The third-order valence-corrected chi connectivity index (χ3v) is 3.09. The lowest BCUT2D eigenvalue weighted by Gasteiger charge is -2.15. The van der Waals surface area contributed by atoms with Gasteiger partial charge in [0.1, 0.15) is 0 Å². The molecule has 1 aromatic rings. The van der Waals surface area contributed by atoms with Crippen molar-refractivity contribution in [3.8, 4) is 0 Å². The van der Waals surface area contributed by atoms with Crippen LogP contribution in [0.25, 0.3) is 0 Å². The van der Waals surface area contributed by atoms with Crippen molar-refractivity contribution in [1.29, 1.82) is 0 Å². The van der Waals surface area contributed by atoms with Crippen LogP contribution in [0.15, 0.2) is 18.2 Å². The summed E-state index contributed by atoms with van der Waals surface area (Å²) < 4.78 is 0. The number of carbonyl (C=O) groups excluding carboxylic acids is 2. The molecule has 0 saturated carbocycles. The standard InChI is InChI=1S/C15H23N3O2.ClH/c1-5-6-12(16)14(19)17-13-9-11(8-7-10(13)2)15(20)18(3)4;/h7-9,12H,5-6,16H2,1-4H3,(H,17,19);1H. The number of nitrogens with one attached hydrogen (secondary N) is 1. The molecular formula is C15H24ClN3O2. The van der Waals surface area contributed by atoms with Crippen LogP contribution in [0.2, 0.25) is 0 Å². The maximum atomic E-state index is 11.9. The van der Waals surface area contributed by atoms with E-state index in [1.54, 1.807) is 26.2 Å². The minimum absolute atomic E-state index is 0. The van der Waals surface area contributed by atoms with Crippen LogP contribution in [0.4, 0.5) is 5.69 Å². The maximum Gasteiger partial charge on any atom is 0.253 e. The zero-order chi connectivity index (χ0) is 15.3. The normalized spacial score (nSPS) is 11.3. The predicted octanol–water partition coefficient (Wildman–Crippen LogP) is 2.18. The molecule has 0 aromatic heterocycles. The molecule has 0 aliphatic heterocycles. The van der Waals surface area contributed by atoms with E-state index < -0.39 is 6.04 Å². The fourth-order valence-corrected chi connectivity index (χ4v) is 1.82. The van der Waals surface area contributed by atoms with Gasteiger partial charge in [0.2, 0.25) is 5.91 Å². The Bertz CT molecular complexity index is 504. The number of hydrogen-bond acceptors (Lipinski definition) is 3. The Morgan fingerprint density at radius 2 is 1.95 bits per heavy atom. The monoisotopic (exact) mass is 313 g/mol. The largest absolute Gasteiger partial charge is 0.345 e. The average molecular weight is 314 g/mol. The maximum absolute atomic E-state index is 11.9. The van der Waals surface area contributed by atoms with Crippen LogP contribution in [0, 0.1) is 6.92 Å². The number of nitrogens with zero attached hydrogens (tertiary/aromatic N) is 1. The van der Waals surface area contributed by atoms with Crippen molar-refractivity contribution in [2.75, 3.05) is 19.4 Å². The van der Waals surface area contributed by atoms with Crippen LogP contribution >= 0.6 is 12.4 Å². The Morgan fingerprint density at radius 1 is 1.33 bits per heavy atom. The molecule has 1 rings (SSSR count). The number of amides is 2. The average Bonchev–Trinajstić information content (AvgIpc) is 2.40. The van der Waals surface area contributed by atoms with E-state index >= 15 is 0 Å². The number of carbonyl (C=O) groups is 2. The highest BCUT2D eigenvalue weighted by Gasteiger charge is 2.15. The van der Waals surface area contributed by atoms with Crippen molar-refractivity contribution in [2.45, 2.75) is 32.7 Å². The van der Waals surface area contributed by atoms with Crippen molar-refractivity contribution in [1.82, 2.24) is 4.90 Å². The lowest BCUT2D eigenvalue weighted by Crippen LogP contribution is -2.35. The molecule has 0 saturated heterocycles. The minimum atomic E-state index is -0.521. The minimum Gasteiger partial charge on any atom is -0.345 e. The topological polar surface area (TPSA) is 75.4 Å². The van der Waals surface area contributed by atoms with Gasteiger partial charge in [-0.25, -0.2) is 0 Å². The molecule has 2 amide bonds. The molecule has 0 radical (unpaired) electrons. The van der Waals surface area contributed by atoms with Crippen LogP contribution in [0.1, 0.15) is 35.7 Å². The molecule has 6 heteroatoms. The van der Waals surface area contributed by atoms with Gasteiger partial charge in [0.25, 0.3) is 5.91 Å². The highest BCUT2D eigenvalue weighted by atomic mass is 35.5. The third kappa shape index (κ3) is 5.36. The van der Waals surface area contributed by atoms with E-state index in [9.17, 15) is 9.59 Å². The van der Waals surface area contributed by atoms with Gasteiger partial charge in [-0.3, -0.25) is 9.59 Å². The summed E-state index contributed by atoms with van der Waals surface area (Å²) in [6.45, 7) is 3.86. The highest BCUT2D eigenvalue weighted by Crippen LogP contribution is 2.18. The van der Waals surface area contributed by atoms with E-state index in [0.717, 1.165) is 12.0 Å². The van der Waals surface area contributed by atoms with Crippen LogP contribution in [-0.2, 0) is 4.79 Å². The molecule has 118 valence electrons. The van der Waals surface area contributed by atoms with Gasteiger partial charge < -0.3 is 16.0 Å². The number of anilines is 1. The first-order valence-electron chi connectivity index (χ1n) is 6.75. The van der Waals surface area contributed by atoms with Crippen LogP contribution in [-0.4, -0.2) is 36.9 Å². The summed E-state index contributed by atoms with van der Waals surface area (Å²) in [5.74, 6) is -0.317. The fraction of sp³-hybridized carbons (Fsp3) is 0.467. The zero-order valence-corrected chi connectivity index (χ0v) is 13.8. The van der Waals surface area contributed by atoms with E-state index in [0.29, 0.717) is 17.7 Å². The molecule has 1 unspecified atom stereocenters. The lowest BCUT2D eigenvalue weighted by atomic mass is 10.1. The first-order valence-corrected chi connectivity index (χ1v) is 6.75. The van der Waals surface area contributed by atoms with Crippen LogP contribution < -0.4 is 11.1 Å². The summed E-state index contributed by atoms with van der Waals surface area (Å²) >= 11 is 0. The van der Waals surface area contributed by atoms with Crippen LogP contribution in [0.5, 0.6) is 0 Å². The fourth-order valence-electron chi connectivity index (χ4n) is 1.82. The molecule has 3 N–H and O–H groups in total. The van der Waals surface area contributed by atoms with E-state index in [1.807, 2.05) is 19.9 Å². The zero-order valence-electron chi connectivity index (χ0n) is 13.0. The van der Waals surface area contributed by atoms with E-state index in [2.05, 4.69) is 5.32 Å². The van der Waals surface area contributed by atoms with Crippen molar-refractivity contribution in [3.05, 3.63) is 29.3 Å². The van der Waals surface area contributed by atoms with Gasteiger partial charge in [-0.15, -0.1) is 12.4 Å². The molecule has 0 aliphatic carbocycles. The van der Waals surface area contributed by atoms with Crippen molar-refractivity contribution < 1.29 is 9.59 Å². The summed E-state index contributed by atoms with van der Waals surface area (Å²) in [5.41, 5.74) is 7.86.